The summed E-state index contributed by atoms with van der Waals surface area (Å²) in [5.74, 6) is 0.977. The molecule has 0 aliphatic heterocycles. The van der Waals surface area contributed by atoms with Crippen molar-refractivity contribution >= 4 is 27.4 Å². The summed E-state index contributed by atoms with van der Waals surface area (Å²) in [5, 5.41) is 7.77. The molecule has 0 aliphatic rings. The fourth-order valence-electron chi connectivity index (χ4n) is 3.39. The lowest BCUT2D eigenvalue weighted by Gasteiger charge is -2.19. The average molecular weight is 586 g/mol. The van der Waals surface area contributed by atoms with Gasteiger partial charge in [0.25, 0.3) is 15.9 Å². The van der Waals surface area contributed by atoms with E-state index >= 15 is 0 Å². The zero-order valence-corrected chi connectivity index (χ0v) is 23.9. The van der Waals surface area contributed by atoms with E-state index in [4.69, 9.17) is 30.5 Å². The first-order valence-corrected chi connectivity index (χ1v) is 14.0. The van der Waals surface area contributed by atoms with Crippen LogP contribution in [-0.2, 0) is 15.4 Å². The molecule has 210 valence electrons. The monoisotopic (exact) mass is 585 g/mol. The molecule has 1 N–H and O–H groups in total. The highest BCUT2D eigenvalue weighted by Crippen LogP contribution is 2.37. The summed E-state index contributed by atoms with van der Waals surface area (Å²) in [4.78, 5) is 8.34. The molecule has 0 bridgehead atoms. The smallest absolute Gasteiger partial charge is 0.263 e. The Labute approximate surface area is 237 Å². The number of nitrogens with zero attached hydrogens (tertiary/aromatic N) is 4. The number of halogens is 1. The van der Waals surface area contributed by atoms with Gasteiger partial charge in [-0.3, -0.25) is 4.72 Å². The number of aromatic nitrogens is 4. The quantitative estimate of drug-likeness (QED) is 0.232. The third kappa shape index (κ3) is 7.48. The summed E-state index contributed by atoms with van der Waals surface area (Å²) in [6.45, 7) is 6.25. The van der Waals surface area contributed by atoms with Gasteiger partial charge in [-0.05, 0) is 41.3 Å². The van der Waals surface area contributed by atoms with Gasteiger partial charge in [-0.2, -0.15) is 4.98 Å². The molecule has 2 heterocycles. The minimum Gasteiger partial charge on any atom is -0.497 e. The molecule has 0 saturated heterocycles. The molecule has 40 heavy (non-hydrogen) atoms. The lowest BCUT2D eigenvalue weighted by Crippen LogP contribution is -2.17. The van der Waals surface area contributed by atoms with Gasteiger partial charge in [0.1, 0.15) is 31.0 Å². The van der Waals surface area contributed by atoms with Crippen molar-refractivity contribution in [1.29, 1.82) is 0 Å². The molecule has 0 amide bonds. The minimum absolute atomic E-state index is 0.00982. The molecule has 4 rings (SSSR count). The zero-order chi connectivity index (χ0) is 28.8. The van der Waals surface area contributed by atoms with Gasteiger partial charge in [0, 0.05) is 12.1 Å². The Bertz CT molecular complexity index is 1550. The Morgan fingerprint density at radius 2 is 1.62 bits per heavy atom. The van der Waals surface area contributed by atoms with Crippen LogP contribution in [0.25, 0.3) is 0 Å². The van der Waals surface area contributed by atoms with Crippen LogP contribution in [0, 0.1) is 0 Å². The van der Waals surface area contributed by atoms with Crippen LogP contribution in [0.2, 0.25) is 5.15 Å². The molecule has 13 heteroatoms. The SMILES string of the molecule is COc1cccc(Oc2c(NS(=O)(=O)c3ccc(C(C)(C)C)cc3)ncnc2OCCOc2ccc(Cl)nn2)c1. The second-order valence-corrected chi connectivity index (χ2v) is 11.5. The Morgan fingerprint density at radius 1 is 0.900 bits per heavy atom. The van der Waals surface area contributed by atoms with Gasteiger partial charge in [0.2, 0.25) is 11.6 Å². The Kier molecular flexibility index (Phi) is 8.90. The molecule has 0 unspecified atom stereocenters. The first-order valence-electron chi connectivity index (χ1n) is 12.1. The van der Waals surface area contributed by atoms with Gasteiger partial charge in [-0.15, -0.1) is 10.2 Å². The van der Waals surface area contributed by atoms with Gasteiger partial charge in [0.15, 0.2) is 11.0 Å². The van der Waals surface area contributed by atoms with Gasteiger partial charge in [0.05, 0.1) is 12.0 Å². The maximum absolute atomic E-state index is 13.3. The van der Waals surface area contributed by atoms with Crippen LogP contribution >= 0.6 is 11.6 Å². The summed E-state index contributed by atoms with van der Waals surface area (Å²) in [7, 11) is -2.51. The molecule has 0 atom stereocenters. The first kappa shape index (κ1) is 28.8. The lowest BCUT2D eigenvalue weighted by atomic mass is 9.87. The van der Waals surface area contributed by atoms with Crippen molar-refractivity contribution in [2.45, 2.75) is 31.1 Å². The fraction of sp³-hybridized carbons (Fsp3) is 0.259. The summed E-state index contributed by atoms with van der Waals surface area (Å²) in [5.41, 5.74) is 0.869. The maximum Gasteiger partial charge on any atom is 0.263 e. The van der Waals surface area contributed by atoms with Crippen molar-refractivity contribution in [1.82, 2.24) is 20.2 Å². The highest BCUT2D eigenvalue weighted by molar-refractivity contribution is 7.92. The maximum atomic E-state index is 13.3. The standard InChI is InChI=1S/C27H28ClN5O6S/c1-27(2,3)18-8-10-21(11-9-18)40(34,35)33-25-24(39-20-7-5-6-19(16-20)36-4)26(30-17-29-25)38-15-14-37-23-13-12-22(28)31-32-23/h5-13,16-17H,14-15H2,1-4H3,(H,29,30,33). The summed E-state index contributed by atoms with van der Waals surface area (Å²) in [6, 6.07) is 16.5. The summed E-state index contributed by atoms with van der Waals surface area (Å²) in [6.07, 6.45) is 1.17. The van der Waals surface area contributed by atoms with E-state index in [9.17, 15) is 8.42 Å². The normalized spacial score (nSPS) is 11.5. The van der Waals surface area contributed by atoms with E-state index in [1.807, 2.05) is 20.8 Å². The number of methoxy groups -OCH3 is 1. The van der Waals surface area contributed by atoms with Crippen molar-refractivity contribution in [3.8, 4) is 29.0 Å². The Hall–Kier alpha value is -4.16. The molecular weight excluding hydrogens is 558 g/mol. The third-order valence-electron chi connectivity index (χ3n) is 5.47. The van der Waals surface area contributed by atoms with Crippen LogP contribution in [0.3, 0.4) is 0 Å². The molecule has 4 aromatic rings. The minimum atomic E-state index is -4.04. The average Bonchev–Trinajstić information content (AvgIpc) is 2.93. The highest BCUT2D eigenvalue weighted by atomic mass is 35.5. The molecule has 0 radical (unpaired) electrons. The summed E-state index contributed by atoms with van der Waals surface area (Å²) < 4.78 is 51.6. The number of rotatable bonds is 11. The van der Waals surface area contributed by atoms with E-state index in [2.05, 4.69) is 24.9 Å². The van der Waals surface area contributed by atoms with Crippen molar-refractivity contribution in [3.63, 3.8) is 0 Å². The number of sulfonamides is 1. The second kappa shape index (κ2) is 12.3. The first-order chi connectivity index (χ1) is 19.0. The third-order valence-corrected chi connectivity index (χ3v) is 7.03. The number of benzene rings is 2. The number of hydrogen-bond acceptors (Lipinski definition) is 10. The van der Waals surface area contributed by atoms with E-state index in [0.717, 1.165) is 5.56 Å². The molecular formula is C27H28ClN5O6S. The number of nitrogens with one attached hydrogen (secondary N) is 1. The van der Waals surface area contributed by atoms with E-state index in [1.165, 1.54) is 13.4 Å². The zero-order valence-electron chi connectivity index (χ0n) is 22.3. The molecule has 2 aromatic heterocycles. The van der Waals surface area contributed by atoms with Crippen LogP contribution in [0.5, 0.6) is 29.0 Å². The highest BCUT2D eigenvalue weighted by Gasteiger charge is 2.23. The fourth-order valence-corrected chi connectivity index (χ4v) is 4.51. The number of ether oxygens (including phenoxy) is 4. The van der Waals surface area contributed by atoms with Crippen molar-refractivity contribution < 1.29 is 27.4 Å². The van der Waals surface area contributed by atoms with Crippen LogP contribution in [-0.4, -0.2) is 48.9 Å². The van der Waals surface area contributed by atoms with Crippen LogP contribution in [0.15, 0.2) is 71.9 Å². The Balaban J connectivity index is 1.59. The predicted molar refractivity (Wildman–Crippen MR) is 149 cm³/mol. The van der Waals surface area contributed by atoms with Gasteiger partial charge in [-0.1, -0.05) is 50.6 Å². The van der Waals surface area contributed by atoms with Crippen molar-refractivity contribution in [3.05, 3.63) is 77.7 Å². The Morgan fingerprint density at radius 3 is 2.30 bits per heavy atom. The second-order valence-electron chi connectivity index (χ2n) is 9.41. The van der Waals surface area contributed by atoms with Crippen molar-refractivity contribution in [2.24, 2.45) is 0 Å². The molecule has 0 aliphatic carbocycles. The van der Waals surface area contributed by atoms with Gasteiger partial charge >= 0.3 is 0 Å². The molecule has 11 nitrogen and oxygen atoms in total. The lowest BCUT2D eigenvalue weighted by molar-refractivity contribution is 0.201. The van der Waals surface area contributed by atoms with E-state index < -0.39 is 10.0 Å². The van der Waals surface area contributed by atoms with Crippen molar-refractivity contribution in [2.75, 3.05) is 25.0 Å². The largest absolute Gasteiger partial charge is 0.497 e. The van der Waals surface area contributed by atoms with Crippen LogP contribution in [0.4, 0.5) is 5.82 Å². The van der Waals surface area contributed by atoms with Crippen LogP contribution < -0.4 is 23.7 Å². The number of anilines is 1. The molecule has 0 fully saturated rings. The van der Waals surface area contributed by atoms with E-state index in [-0.39, 0.29) is 52.0 Å². The van der Waals surface area contributed by atoms with E-state index in [0.29, 0.717) is 11.5 Å². The summed E-state index contributed by atoms with van der Waals surface area (Å²) >= 11 is 5.74. The molecule has 0 saturated carbocycles. The predicted octanol–water partition coefficient (Wildman–Crippen LogP) is 5.28. The number of hydrogen-bond donors (Lipinski definition) is 1. The van der Waals surface area contributed by atoms with Crippen LogP contribution in [0.1, 0.15) is 26.3 Å². The van der Waals surface area contributed by atoms with Gasteiger partial charge < -0.3 is 18.9 Å². The van der Waals surface area contributed by atoms with Gasteiger partial charge in [-0.25, -0.2) is 13.4 Å². The molecule has 2 aromatic carbocycles. The molecule has 0 spiro atoms. The topological polar surface area (TPSA) is 135 Å². The van der Waals surface area contributed by atoms with E-state index in [1.54, 1.807) is 60.7 Å².